The lowest BCUT2D eigenvalue weighted by Gasteiger charge is -2.26. The van der Waals surface area contributed by atoms with E-state index in [1.54, 1.807) is 50.4 Å². The van der Waals surface area contributed by atoms with E-state index in [0.717, 1.165) is 4.90 Å². The number of carbonyl (C=O) groups excluding carboxylic acids is 2. The fraction of sp³-hybridized carbons (Fsp3) is 0.292. The van der Waals surface area contributed by atoms with Crippen molar-refractivity contribution in [2.24, 2.45) is 5.92 Å². The second kappa shape index (κ2) is 9.35. The Bertz CT molecular complexity index is 1090. The molecule has 1 aromatic heterocycles. The fourth-order valence-electron chi connectivity index (χ4n) is 3.15. The zero-order chi connectivity index (χ0) is 22.5. The summed E-state index contributed by atoms with van der Waals surface area (Å²) in [4.78, 5) is 26.8. The molecule has 1 aromatic carbocycles. The summed E-state index contributed by atoms with van der Waals surface area (Å²) in [5.41, 5.74) is 1.22. The van der Waals surface area contributed by atoms with Gasteiger partial charge in [-0.2, -0.15) is 5.26 Å². The van der Waals surface area contributed by atoms with Crippen molar-refractivity contribution in [3.63, 3.8) is 0 Å². The Balaban J connectivity index is 1.99. The molecule has 0 saturated carbocycles. The standard InChI is InChI=1S/C24H24N2O5/c1-15(2)14-31-21-8-7-17(11-22(21)29-4)10-19-16(3)20(12-25)24(28)26(23(19)27)13-18-6-5-9-30-18/h5-11,15H,13-14H2,1-4H3/b19-10+. The molecular formula is C24H24N2O5. The average molecular weight is 420 g/mol. The van der Waals surface area contributed by atoms with Gasteiger partial charge in [0.05, 0.1) is 26.5 Å². The van der Waals surface area contributed by atoms with Crippen molar-refractivity contribution >= 4 is 17.9 Å². The summed E-state index contributed by atoms with van der Waals surface area (Å²) in [5.74, 6) is 0.829. The van der Waals surface area contributed by atoms with Crippen LogP contribution in [0.1, 0.15) is 32.1 Å². The second-order valence-corrected chi connectivity index (χ2v) is 7.56. The zero-order valence-corrected chi connectivity index (χ0v) is 18.0. The third kappa shape index (κ3) is 4.69. The first-order valence-electron chi connectivity index (χ1n) is 9.88. The summed E-state index contributed by atoms with van der Waals surface area (Å²) in [6.45, 7) is 6.20. The van der Waals surface area contributed by atoms with Crippen molar-refractivity contribution in [1.29, 1.82) is 5.26 Å². The lowest BCUT2D eigenvalue weighted by Crippen LogP contribution is -2.42. The number of ether oxygens (including phenoxy) is 2. The summed E-state index contributed by atoms with van der Waals surface area (Å²) in [7, 11) is 1.54. The number of imide groups is 1. The first-order valence-corrected chi connectivity index (χ1v) is 9.88. The van der Waals surface area contributed by atoms with Crippen molar-refractivity contribution < 1.29 is 23.5 Å². The van der Waals surface area contributed by atoms with Gasteiger partial charge in [-0.1, -0.05) is 19.9 Å². The van der Waals surface area contributed by atoms with Crippen molar-refractivity contribution in [3.8, 4) is 17.6 Å². The van der Waals surface area contributed by atoms with E-state index in [4.69, 9.17) is 13.9 Å². The number of rotatable bonds is 7. The molecule has 160 valence electrons. The Morgan fingerprint density at radius 3 is 2.58 bits per heavy atom. The van der Waals surface area contributed by atoms with Gasteiger partial charge in [-0.25, -0.2) is 0 Å². The molecule has 1 aliphatic heterocycles. The van der Waals surface area contributed by atoms with Crippen LogP contribution in [0.2, 0.25) is 0 Å². The number of nitrogens with zero attached hydrogens (tertiary/aromatic N) is 2. The third-order valence-corrected chi connectivity index (χ3v) is 4.79. The zero-order valence-electron chi connectivity index (χ0n) is 18.0. The summed E-state index contributed by atoms with van der Waals surface area (Å²) in [6, 6.07) is 10.6. The van der Waals surface area contributed by atoms with Gasteiger partial charge < -0.3 is 13.9 Å². The lowest BCUT2D eigenvalue weighted by molar-refractivity contribution is -0.141. The van der Waals surface area contributed by atoms with E-state index in [-0.39, 0.29) is 17.7 Å². The maximum Gasteiger partial charge on any atom is 0.272 e. The first-order chi connectivity index (χ1) is 14.8. The van der Waals surface area contributed by atoms with Crippen LogP contribution in [0.25, 0.3) is 6.08 Å². The summed E-state index contributed by atoms with van der Waals surface area (Å²) < 4.78 is 16.5. The second-order valence-electron chi connectivity index (χ2n) is 7.56. The van der Waals surface area contributed by atoms with Crippen molar-refractivity contribution in [1.82, 2.24) is 4.90 Å². The number of furan rings is 1. The Morgan fingerprint density at radius 1 is 1.19 bits per heavy atom. The Labute approximate surface area is 181 Å². The minimum Gasteiger partial charge on any atom is -0.493 e. The maximum absolute atomic E-state index is 13.1. The van der Waals surface area contributed by atoms with Crippen LogP contribution in [-0.4, -0.2) is 30.4 Å². The predicted octanol–water partition coefficient (Wildman–Crippen LogP) is 4.12. The van der Waals surface area contributed by atoms with Crippen LogP contribution >= 0.6 is 0 Å². The molecule has 0 atom stereocenters. The quantitative estimate of drug-likeness (QED) is 0.494. The van der Waals surface area contributed by atoms with E-state index >= 15 is 0 Å². The van der Waals surface area contributed by atoms with Crippen LogP contribution in [0.4, 0.5) is 0 Å². The van der Waals surface area contributed by atoms with Crippen LogP contribution < -0.4 is 9.47 Å². The monoisotopic (exact) mass is 420 g/mol. The van der Waals surface area contributed by atoms with Crippen LogP contribution in [0.5, 0.6) is 11.5 Å². The Kier molecular flexibility index (Phi) is 6.61. The van der Waals surface area contributed by atoms with E-state index in [9.17, 15) is 14.9 Å². The molecule has 0 saturated heterocycles. The Morgan fingerprint density at radius 2 is 1.97 bits per heavy atom. The van der Waals surface area contributed by atoms with Gasteiger partial charge in [0.15, 0.2) is 11.5 Å². The van der Waals surface area contributed by atoms with Gasteiger partial charge >= 0.3 is 0 Å². The average Bonchev–Trinajstić information content (AvgIpc) is 3.26. The molecule has 0 spiro atoms. The van der Waals surface area contributed by atoms with Gasteiger partial charge in [-0.05, 0) is 54.3 Å². The van der Waals surface area contributed by atoms with E-state index in [0.29, 0.717) is 40.9 Å². The van der Waals surface area contributed by atoms with Gasteiger partial charge in [0, 0.05) is 5.57 Å². The highest BCUT2D eigenvalue weighted by Gasteiger charge is 2.35. The molecule has 0 fully saturated rings. The molecular weight excluding hydrogens is 396 g/mol. The van der Waals surface area contributed by atoms with E-state index in [1.165, 1.54) is 6.26 Å². The number of amides is 2. The van der Waals surface area contributed by atoms with E-state index in [1.807, 2.05) is 6.07 Å². The van der Waals surface area contributed by atoms with Gasteiger partial charge in [0.2, 0.25) is 0 Å². The summed E-state index contributed by atoms with van der Waals surface area (Å²) in [5, 5.41) is 9.51. The minimum absolute atomic E-state index is 0.0498. The molecule has 0 N–H and O–H groups in total. The molecule has 7 nitrogen and oxygen atoms in total. The fourth-order valence-corrected chi connectivity index (χ4v) is 3.15. The van der Waals surface area contributed by atoms with Gasteiger partial charge in [-0.3, -0.25) is 14.5 Å². The number of methoxy groups -OCH3 is 1. The normalized spacial score (nSPS) is 15.6. The number of hydrogen-bond donors (Lipinski definition) is 0. The van der Waals surface area contributed by atoms with Gasteiger partial charge in [-0.15, -0.1) is 0 Å². The molecule has 3 rings (SSSR count). The molecule has 0 unspecified atom stereocenters. The number of carbonyl (C=O) groups is 2. The van der Waals surface area contributed by atoms with Crippen molar-refractivity contribution in [3.05, 3.63) is 64.6 Å². The van der Waals surface area contributed by atoms with Gasteiger partial charge in [0.25, 0.3) is 11.8 Å². The summed E-state index contributed by atoms with van der Waals surface area (Å²) >= 11 is 0. The number of nitriles is 1. The summed E-state index contributed by atoms with van der Waals surface area (Å²) in [6.07, 6.45) is 3.11. The number of benzene rings is 1. The highest BCUT2D eigenvalue weighted by atomic mass is 16.5. The lowest BCUT2D eigenvalue weighted by atomic mass is 9.93. The first kappa shape index (κ1) is 21.9. The van der Waals surface area contributed by atoms with Gasteiger partial charge in [0.1, 0.15) is 17.4 Å². The molecule has 0 aliphatic carbocycles. The minimum atomic E-state index is -0.631. The Hall–Kier alpha value is -3.79. The predicted molar refractivity (Wildman–Crippen MR) is 114 cm³/mol. The molecule has 7 heteroatoms. The highest BCUT2D eigenvalue weighted by molar-refractivity contribution is 6.19. The topological polar surface area (TPSA) is 92.8 Å². The molecule has 2 amide bonds. The highest BCUT2D eigenvalue weighted by Crippen LogP contribution is 2.32. The van der Waals surface area contributed by atoms with Crippen LogP contribution in [-0.2, 0) is 16.1 Å². The third-order valence-electron chi connectivity index (χ3n) is 4.79. The molecule has 1 aliphatic rings. The van der Waals surface area contributed by atoms with E-state index in [2.05, 4.69) is 13.8 Å². The smallest absolute Gasteiger partial charge is 0.272 e. The van der Waals surface area contributed by atoms with Crippen LogP contribution in [0, 0.1) is 17.2 Å². The largest absolute Gasteiger partial charge is 0.493 e. The number of hydrogen-bond acceptors (Lipinski definition) is 6. The van der Waals surface area contributed by atoms with Crippen LogP contribution in [0.3, 0.4) is 0 Å². The SMILES string of the molecule is COc1cc(/C=C2/C(=O)N(Cc3ccco3)C(=O)C(C#N)=C2C)ccc1OCC(C)C. The van der Waals surface area contributed by atoms with Crippen molar-refractivity contribution in [2.75, 3.05) is 13.7 Å². The van der Waals surface area contributed by atoms with Crippen molar-refractivity contribution in [2.45, 2.75) is 27.3 Å². The van der Waals surface area contributed by atoms with Crippen LogP contribution in [0.15, 0.2) is 57.7 Å². The van der Waals surface area contributed by atoms with E-state index < -0.39 is 11.8 Å². The molecule has 31 heavy (non-hydrogen) atoms. The molecule has 2 heterocycles. The maximum atomic E-state index is 13.1. The molecule has 2 aromatic rings. The molecule has 0 radical (unpaired) electrons. The molecule has 0 bridgehead atoms.